The van der Waals surface area contributed by atoms with Gasteiger partial charge in [0.25, 0.3) is 0 Å². The number of anilines is 2. The third-order valence-electron chi connectivity index (χ3n) is 5.27. The fraction of sp³-hybridized carbons (Fsp3) is 0.364. The molecule has 0 bridgehead atoms. The molecule has 2 N–H and O–H groups in total. The van der Waals surface area contributed by atoms with Gasteiger partial charge in [0.2, 0.25) is 0 Å². The average Bonchev–Trinajstić information content (AvgIpc) is 3.02. The van der Waals surface area contributed by atoms with Crippen LogP contribution in [0.4, 0.5) is 11.5 Å². The summed E-state index contributed by atoms with van der Waals surface area (Å²) in [7, 11) is 0. The first-order valence-electron chi connectivity index (χ1n) is 9.91. The van der Waals surface area contributed by atoms with E-state index in [0.29, 0.717) is 18.2 Å². The Kier molecular flexibility index (Phi) is 5.62. The molecule has 0 atom stereocenters. The van der Waals surface area contributed by atoms with E-state index in [4.69, 9.17) is 0 Å². The number of pyridine rings is 3. The maximum Gasteiger partial charge on any atom is 0.126 e. The van der Waals surface area contributed by atoms with Crippen molar-refractivity contribution in [3.8, 4) is 6.07 Å². The SMILES string of the molecule is N#Cc1cnc2cnc(NCc3cccnc3)cc2c1NC1CCCCCC1. The van der Waals surface area contributed by atoms with Gasteiger partial charge in [-0.1, -0.05) is 31.7 Å². The number of nitrogens with one attached hydrogen (secondary N) is 2. The van der Waals surface area contributed by atoms with Crippen molar-refractivity contribution in [1.82, 2.24) is 15.0 Å². The predicted molar refractivity (Wildman–Crippen MR) is 111 cm³/mol. The Balaban J connectivity index is 1.63. The summed E-state index contributed by atoms with van der Waals surface area (Å²) in [5.74, 6) is 0.761. The summed E-state index contributed by atoms with van der Waals surface area (Å²) in [6.07, 6.45) is 14.4. The Morgan fingerprint density at radius 2 is 1.93 bits per heavy atom. The minimum Gasteiger partial charge on any atom is -0.381 e. The van der Waals surface area contributed by atoms with E-state index < -0.39 is 0 Å². The molecule has 6 heteroatoms. The smallest absolute Gasteiger partial charge is 0.126 e. The zero-order valence-electron chi connectivity index (χ0n) is 15.9. The molecule has 1 aliphatic carbocycles. The first-order valence-corrected chi connectivity index (χ1v) is 9.91. The van der Waals surface area contributed by atoms with Crippen molar-refractivity contribution >= 4 is 22.4 Å². The summed E-state index contributed by atoms with van der Waals surface area (Å²) in [4.78, 5) is 13.0. The number of nitriles is 1. The second kappa shape index (κ2) is 8.66. The molecule has 0 radical (unpaired) electrons. The van der Waals surface area contributed by atoms with E-state index in [1.807, 2.05) is 24.4 Å². The molecule has 28 heavy (non-hydrogen) atoms. The van der Waals surface area contributed by atoms with Crippen LogP contribution in [-0.4, -0.2) is 21.0 Å². The van der Waals surface area contributed by atoms with Crippen molar-refractivity contribution in [2.24, 2.45) is 0 Å². The molecule has 0 unspecified atom stereocenters. The zero-order valence-corrected chi connectivity index (χ0v) is 15.9. The summed E-state index contributed by atoms with van der Waals surface area (Å²) in [5.41, 5.74) is 3.35. The second-order valence-electron chi connectivity index (χ2n) is 7.29. The number of hydrogen-bond donors (Lipinski definition) is 2. The standard InChI is InChI=1S/C22H24N6/c23-11-17-14-25-20-15-27-21(26-13-16-6-5-9-24-12-16)10-19(20)22(17)28-18-7-3-1-2-4-8-18/h5-6,9-10,12,14-15,18H,1-4,7-8,13H2,(H,25,28)(H,26,27). The average molecular weight is 372 g/mol. The summed E-state index contributed by atoms with van der Waals surface area (Å²) in [6.45, 7) is 0.642. The number of aromatic nitrogens is 3. The van der Waals surface area contributed by atoms with Crippen LogP contribution in [0.1, 0.15) is 49.7 Å². The van der Waals surface area contributed by atoms with Gasteiger partial charge in [-0.15, -0.1) is 0 Å². The number of nitrogens with zero attached hydrogens (tertiary/aromatic N) is 4. The van der Waals surface area contributed by atoms with Crippen molar-refractivity contribution in [2.45, 2.75) is 51.1 Å². The van der Waals surface area contributed by atoms with Crippen molar-refractivity contribution in [3.05, 3.63) is 54.1 Å². The normalized spacial score (nSPS) is 15.0. The number of fused-ring (bicyclic) bond motifs is 1. The monoisotopic (exact) mass is 372 g/mol. The third-order valence-corrected chi connectivity index (χ3v) is 5.27. The molecule has 4 rings (SSSR count). The topological polar surface area (TPSA) is 86.5 Å². The quantitative estimate of drug-likeness (QED) is 0.634. The van der Waals surface area contributed by atoms with Crippen LogP contribution in [0.5, 0.6) is 0 Å². The van der Waals surface area contributed by atoms with Crippen LogP contribution in [0.3, 0.4) is 0 Å². The Morgan fingerprint density at radius 3 is 2.68 bits per heavy atom. The first-order chi connectivity index (χ1) is 13.8. The molecule has 0 aromatic carbocycles. The maximum absolute atomic E-state index is 9.62. The van der Waals surface area contributed by atoms with Crippen LogP contribution < -0.4 is 10.6 Å². The lowest BCUT2D eigenvalue weighted by molar-refractivity contribution is 0.620. The molecular weight excluding hydrogens is 348 g/mol. The molecule has 3 aromatic heterocycles. The minimum absolute atomic E-state index is 0.403. The maximum atomic E-state index is 9.62. The number of rotatable bonds is 5. The van der Waals surface area contributed by atoms with Crippen LogP contribution in [0.25, 0.3) is 10.9 Å². The van der Waals surface area contributed by atoms with Crippen LogP contribution in [0, 0.1) is 11.3 Å². The number of hydrogen-bond acceptors (Lipinski definition) is 6. The van der Waals surface area contributed by atoms with Crippen LogP contribution in [0.2, 0.25) is 0 Å². The van der Waals surface area contributed by atoms with Crippen molar-refractivity contribution in [3.63, 3.8) is 0 Å². The highest BCUT2D eigenvalue weighted by Crippen LogP contribution is 2.30. The summed E-state index contributed by atoms with van der Waals surface area (Å²) < 4.78 is 0. The van der Waals surface area contributed by atoms with Crippen LogP contribution in [0.15, 0.2) is 43.0 Å². The largest absolute Gasteiger partial charge is 0.381 e. The Bertz CT molecular complexity index is 971. The highest BCUT2D eigenvalue weighted by atomic mass is 15.0. The van der Waals surface area contributed by atoms with Gasteiger partial charge in [-0.25, -0.2) is 4.98 Å². The van der Waals surface area contributed by atoms with Gasteiger partial charge in [-0.3, -0.25) is 9.97 Å². The van der Waals surface area contributed by atoms with Crippen LogP contribution >= 0.6 is 0 Å². The summed E-state index contributed by atoms with van der Waals surface area (Å²) in [6, 6.07) is 8.63. The predicted octanol–water partition coefficient (Wildman–Crippen LogP) is 4.64. The van der Waals surface area contributed by atoms with E-state index in [-0.39, 0.29) is 0 Å². The minimum atomic E-state index is 0.403. The second-order valence-corrected chi connectivity index (χ2v) is 7.29. The molecule has 3 heterocycles. The van der Waals surface area contributed by atoms with Crippen molar-refractivity contribution in [2.75, 3.05) is 10.6 Å². The van der Waals surface area contributed by atoms with E-state index in [1.165, 1.54) is 25.7 Å². The van der Waals surface area contributed by atoms with Gasteiger partial charge in [0.05, 0.1) is 23.0 Å². The molecule has 1 aliphatic rings. The fourth-order valence-corrected chi connectivity index (χ4v) is 3.76. The molecule has 1 fully saturated rings. The zero-order chi connectivity index (χ0) is 19.2. The molecule has 0 amide bonds. The summed E-state index contributed by atoms with van der Waals surface area (Å²) in [5, 5.41) is 17.6. The van der Waals surface area contributed by atoms with E-state index in [1.54, 1.807) is 18.6 Å². The lowest BCUT2D eigenvalue weighted by atomic mass is 10.1. The lowest BCUT2D eigenvalue weighted by Crippen LogP contribution is -2.19. The molecular formula is C22H24N6. The molecule has 0 aliphatic heterocycles. The van der Waals surface area contributed by atoms with Gasteiger partial charge < -0.3 is 10.6 Å². The first kappa shape index (κ1) is 18.2. The Morgan fingerprint density at radius 1 is 1.07 bits per heavy atom. The van der Waals surface area contributed by atoms with Crippen molar-refractivity contribution in [1.29, 1.82) is 5.26 Å². The van der Waals surface area contributed by atoms with Gasteiger partial charge in [0.1, 0.15) is 11.9 Å². The molecule has 0 spiro atoms. The van der Waals surface area contributed by atoms with Gasteiger partial charge in [0, 0.05) is 36.6 Å². The van der Waals surface area contributed by atoms with Crippen LogP contribution in [-0.2, 0) is 6.54 Å². The highest BCUT2D eigenvalue weighted by molar-refractivity contribution is 5.95. The molecule has 1 saturated carbocycles. The summed E-state index contributed by atoms with van der Waals surface area (Å²) >= 11 is 0. The highest BCUT2D eigenvalue weighted by Gasteiger charge is 2.16. The van der Waals surface area contributed by atoms with E-state index in [2.05, 4.69) is 31.7 Å². The van der Waals surface area contributed by atoms with Gasteiger partial charge in [0.15, 0.2) is 0 Å². The lowest BCUT2D eigenvalue weighted by Gasteiger charge is -2.20. The third kappa shape index (κ3) is 4.20. The van der Waals surface area contributed by atoms with Gasteiger partial charge in [-0.2, -0.15) is 5.26 Å². The molecule has 6 nitrogen and oxygen atoms in total. The van der Waals surface area contributed by atoms with Crippen molar-refractivity contribution < 1.29 is 0 Å². The Hall–Kier alpha value is -3.20. The Labute approximate surface area is 165 Å². The molecule has 3 aromatic rings. The van der Waals surface area contributed by atoms with E-state index >= 15 is 0 Å². The van der Waals surface area contributed by atoms with E-state index in [0.717, 1.165) is 40.8 Å². The van der Waals surface area contributed by atoms with E-state index in [9.17, 15) is 5.26 Å². The molecule has 142 valence electrons. The fourth-order valence-electron chi connectivity index (χ4n) is 3.76. The van der Waals surface area contributed by atoms with Gasteiger partial charge >= 0.3 is 0 Å². The molecule has 0 saturated heterocycles. The van der Waals surface area contributed by atoms with Gasteiger partial charge in [-0.05, 0) is 30.5 Å².